The van der Waals surface area contributed by atoms with Crippen molar-refractivity contribution in [2.75, 3.05) is 0 Å². The second-order valence-electron chi connectivity index (χ2n) is 33.6. The zero-order chi connectivity index (χ0) is 85.0. The Labute approximate surface area is 748 Å². The molecule has 0 bridgehead atoms. The highest BCUT2D eigenvalue weighted by molar-refractivity contribution is 7.26. The van der Waals surface area contributed by atoms with E-state index in [-0.39, 0.29) is 0 Å². The number of hydrogen-bond donors (Lipinski definition) is 0. The van der Waals surface area contributed by atoms with Crippen LogP contribution in [0.4, 0.5) is 0 Å². The quantitative estimate of drug-likeness (QED) is 0.107. The van der Waals surface area contributed by atoms with Gasteiger partial charge in [-0.2, -0.15) is 0 Å². The fourth-order valence-electron chi connectivity index (χ4n) is 20.6. The molecule has 0 saturated heterocycles. The van der Waals surface area contributed by atoms with Crippen LogP contribution in [0.15, 0.2) is 473 Å². The molecule has 0 amide bonds. The predicted octanol–water partition coefficient (Wildman–Crippen LogP) is 34.5. The van der Waals surface area contributed by atoms with Crippen LogP contribution in [0.2, 0.25) is 0 Å². The molecule has 4 nitrogen and oxygen atoms in total. The second-order valence-corrected chi connectivity index (χ2v) is 34.7. The molecule has 4 aromatic heterocycles. The van der Waals surface area contributed by atoms with Crippen molar-refractivity contribution < 1.29 is 0 Å². The van der Waals surface area contributed by atoms with Crippen molar-refractivity contribution in [2.24, 2.45) is 0 Å². The van der Waals surface area contributed by atoms with E-state index in [0.29, 0.717) is 0 Å². The van der Waals surface area contributed by atoms with Crippen molar-refractivity contribution in [3.05, 3.63) is 473 Å². The Hall–Kier alpha value is -16.7. The summed E-state index contributed by atoms with van der Waals surface area (Å²) in [4.78, 5) is 10.2. The standard InChI is InChI=1S/C46H29N.C40H24N2S.C38H25N/c1-2-14-32(15-3-1)43-37-18-8-10-20-39(37)44(40-21-11-9-19-38(40)43)33-22-26-34(27-23-33)47-41-28-24-30-12-4-6-16-35(30)45(41)46-36-17-7-5-13-31(36)25-29-42(46)47;1-3-17-33-30(14-1)31-15-2-4-18-34(31)39-38(33)41-24-36(42-39)28-13-8-11-26(23-28)25-10-7-12-27(22-25)29-19-9-20-35-32-16-5-6-21-37(32)43-40(29)35;1-2-11-30(12-3-1)39-37-17-9-8-16-34(37)36-24-28(22-23-38(36)39)26-18-20-27(21-19-26)35-25-29-10-4-5-13-31(29)32-14-6-7-15-33(32)35/h1-29H;1-24H;1-25H. The van der Waals surface area contributed by atoms with Crippen molar-refractivity contribution in [1.82, 2.24) is 19.1 Å². The minimum Gasteiger partial charge on any atom is -0.309 e. The van der Waals surface area contributed by atoms with Crippen molar-refractivity contribution in [3.63, 3.8) is 0 Å². The third-order valence-corrected chi connectivity index (χ3v) is 27.7. The zero-order valence-corrected chi connectivity index (χ0v) is 71.0. The van der Waals surface area contributed by atoms with E-state index in [1.54, 1.807) is 0 Å². The van der Waals surface area contributed by atoms with Gasteiger partial charge in [0.2, 0.25) is 0 Å². The Morgan fingerprint density at radius 3 is 1.23 bits per heavy atom. The van der Waals surface area contributed by atoms with Crippen LogP contribution in [0.3, 0.4) is 0 Å². The maximum Gasteiger partial charge on any atom is 0.0979 e. The molecular formula is C124H78N4S. The molecule has 0 unspecified atom stereocenters. The van der Waals surface area contributed by atoms with Gasteiger partial charge in [0, 0.05) is 69.4 Å². The van der Waals surface area contributed by atoms with E-state index in [0.717, 1.165) is 44.3 Å². The summed E-state index contributed by atoms with van der Waals surface area (Å²) in [6.45, 7) is 0. The molecule has 27 aromatic rings. The number of fused-ring (bicyclic) bond motifs is 24. The van der Waals surface area contributed by atoms with E-state index in [9.17, 15) is 0 Å². The van der Waals surface area contributed by atoms with Crippen LogP contribution in [0.25, 0.3) is 250 Å². The normalized spacial score (nSPS) is 11.7. The highest BCUT2D eigenvalue weighted by Crippen LogP contribution is 2.48. The third-order valence-electron chi connectivity index (χ3n) is 26.4. The fraction of sp³-hybridized carbons (Fsp3) is 0. The lowest BCUT2D eigenvalue weighted by Gasteiger charge is -2.18. The number of rotatable bonds is 9. The SMILES string of the molecule is c1cc(-c2cccc(-c3cccc4c3sc3ccccc34)c2)cc(-c2cnc3c4ccccc4c4ccccc4c3n2)c1.c1ccc(-c2c3ccccc3c(-c3ccc(-n4c5ccc6ccccc6c5c5c6ccccc6ccc54)cc3)c3ccccc23)cc1.c1ccc(-n2c3ccccc3c3cc(-c4ccc(-c5cc6ccccc6c6ccccc56)cc4)ccc32)cc1. The Morgan fingerprint density at radius 1 is 0.194 bits per heavy atom. The molecule has 23 aromatic carbocycles. The molecule has 0 aliphatic carbocycles. The summed E-state index contributed by atoms with van der Waals surface area (Å²) in [6, 6.07) is 169. The Kier molecular flexibility index (Phi) is 18.1. The predicted molar refractivity (Wildman–Crippen MR) is 552 cm³/mol. The highest BCUT2D eigenvalue weighted by Gasteiger charge is 2.23. The maximum atomic E-state index is 5.22. The van der Waals surface area contributed by atoms with E-state index in [2.05, 4.69) is 476 Å². The van der Waals surface area contributed by atoms with Crippen LogP contribution in [0.1, 0.15) is 0 Å². The van der Waals surface area contributed by atoms with Crippen molar-refractivity contribution >= 4 is 172 Å². The first-order valence-corrected chi connectivity index (χ1v) is 45.0. The molecular weight excluding hydrogens is 1580 g/mol. The summed E-state index contributed by atoms with van der Waals surface area (Å²) >= 11 is 1.87. The molecule has 0 atom stereocenters. The lowest BCUT2D eigenvalue weighted by atomic mass is 9.86. The molecule has 5 heteroatoms. The van der Waals surface area contributed by atoms with Gasteiger partial charge in [-0.3, -0.25) is 4.98 Å². The van der Waals surface area contributed by atoms with Crippen LogP contribution in [-0.4, -0.2) is 19.1 Å². The van der Waals surface area contributed by atoms with Gasteiger partial charge in [0.25, 0.3) is 0 Å². The average molecular weight is 1660 g/mol. The lowest BCUT2D eigenvalue weighted by molar-refractivity contribution is 1.18. The topological polar surface area (TPSA) is 35.6 Å². The van der Waals surface area contributed by atoms with Gasteiger partial charge in [-0.15, -0.1) is 11.3 Å². The second kappa shape index (κ2) is 31.2. The van der Waals surface area contributed by atoms with Crippen molar-refractivity contribution in [1.29, 1.82) is 0 Å². The number of aromatic nitrogens is 4. The average Bonchev–Trinajstić information content (AvgIpc) is 1.65. The van der Waals surface area contributed by atoms with Gasteiger partial charge in [0.05, 0.1) is 45.0 Å². The third kappa shape index (κ3) is 12.7. The first-order valence-electron chi connectivity index (χ1n) is 44.2. The van der Waals surface area contributed by atoms with Gasteiger partial charge in [0.15, 0.2) is 0 Å². The largest absolute Gasteiger partial charge is 0.309 e. The van der Waals surface area contributed by atoms with Gasteiger partial charge in [-0.05, 0) is 221 Å². The van der Waals surface area contributed by atoms with Gasteiger partial charge < -0.3 is 9.13 Å². The van der Waals surface area contributed by atoms with Crippen LogP contribution in [0, 0.1) is 0 Å². The summed E-state index contributed by atoms with van der Waals surface area (Å²) in [5.74, 6) is 0. The molecule has 0 radical (unpaired) electrons. The monoisotopic (exact) mass is 1650 g/mol. The van der Waals surface area contributed by atoms with E-state index in [1.807, 2.05) is 17.5 Å². The van der Waals surface area contributed by atoms with Gasteiger partial charge in [0.1, 0.15) is 0 Å². The first kappa shape index (κ1) is 74.9. The van der Waals surface area contributed by atoms with E-state index in [1.165, 1.54) is 206 Å². The maximum absolute atomic E-state index is 5.22. The fourth-order valence-corrected chi connectivity index (χ4v) is 21.8. The number of hydrogen-bond acceptors (Lipinski definition) is 3. The van der Waals surface area contributed by atoms with Crippen LogP contribution < -0.4 is 0 Å². The van der Waals surface area contributed by atoms with Crippen molar-refractivity contribution in [2.45, 2.75) is 0 Å². The highest BCUT2D eigenvalue weighted by atomic mass is 32.1. The van der Waals surface area contributed by atoms with E-state index in [4.69, 9.17) is 9.97 Å². The minimum absolute atomic E-state index is 0.876. The summed E-state index contributed by atoms with van der Waals surface area (Å²) in [6.07, 6.45) is 1.92. The Morgan fingerprint density at radius 2 is 0.597 bits per heavy atom. The molecule has 129 heavy (non-hydrogen) atoms. The van der Waals surface area contributed by atoms with E-state index < -0.39 is 0 Å². The molecule has 0 fully saturated rings. The molecule has 0 aliphatic rings. The van der Waals surface area contributed by atoms with Crippen molar-refractivity contribution in [3.8, 4) is 89.4 Å². The van der Waals surface area contributed by atoms with Crippen LogP contribution >= 0.6 is 11.3 Å². The number of benzene rings is 23. The van der Waals surface area contributed by atoms with Crippen LogP contribution in [0.5, 0.6) is 0 Å². The molecule has 4 heterocycles. The van der Waals surface area contributed by atoms with E-state index >= 15 is 0 Å². The molecule has 0 saturated carbocycles. The number of thiophene rings is 1. The Balaban J connectivity index is 0.000000105. The summed E-state index contributed by atoms with van der Waals surface area (Å²) < 4.78 is 7.47. The summed E-state index contributed by atoms with van der Waals surface area (Å²) in [5.41, 5.74) is 25.9. The smallest absolute Gasteiger partial charge is 0.0979 e. The lowest BCUT2D eigenvalue weighted by Crippen LogP contribution is -1.95. The van der Waals surface area contributed by atoms with Gasteiger partial charge in [-0.1, -0.05) is 388 Å². The molecule has 0 N–H and O–H groups in total. The first-order chi connectivity index (χ1) is 64.0. The van der Waals surface area contributed by atoms with Gasteiger partial charge in [-0.25, -0.2) is 4.98 Å². The molecule has 27 rings (SSSR count). The number of nitrogens with zero attached hydrogens (tertiary/aromatic N) is 4. The molecule has 0 spiro atoms. The number of para-hydroxylation sites is 2. The molecule has 0 aliphatic heterocycles. The summed E-state index contributed by atoms with van der Waals surface area (Å²) in [7, 11) is 0. The zero-order valence-electron chi connectivity index (χ0n) is 70.2. The minimum atomic E-state index is 0.876. The Bertz CT molecular complexity index is 8990. The van der Waals surface area contributed by atoms with Gasteiger partial charge >= 0.3 is 0 Å². The molecule has 600 valence electrons. The summed E-state index contributed by atoms with van der Waals surface area (Å²) in [5, 5.41) is 27.9. The van der Waals surface area contributed by atoms with Crippen LogP contribution in [-0.2, 0) is 0 Å².